The number of nitrogens with one attached hydrogen (secondary N) is 1. The van der Waals surface area contributed by atoms with Crippen LogP contribution in [0.15, 0.2) is 18.5 Å². The number of rotatable bonds is 5. The Morgan fingerprint density at radius 1 is 1.56 bits per heavy atom. The van der Waals surface area contributed by atoms with E-state index in [1.54, 1.807) is 18.0 Å². The van der Waals surface area contributed by atoms with E-state index in [1.165, 1.54) is 0 Å². The average Bonchev–Trinajstić information content (AvgIpc) is 2.72. The summed E-state index contributed by atoms with van der Waals surface area (Å²) < 4.78 is 1.81. The van der Waals surface area contributed by atoms with E-state index >= 15 is 0 Å². The van der Waals surface area contributed by atoms with Crippen molar-refractivity contribution in [2.24, 2.45) is 0 Å². The molecule has 2 aromatic heterocycles. The fourth-order valence-corrected chi connectivity index (χ4v) is 2.53. The molecular weight excluding hydrogens is 248 g/mol. The van der Waals surface area contributed by atoms with Crippen molar-refractivity contribution in [3.05, 3.63) is 24.2 Å². The van der Waals surface area contributed by atoms with Crippen molar-refractivity contribution in [1.29, 1.82) is 0 Å². The summed E-state index contributed by atoms with van der Waals surface area (Å²) in [6.07, 6.45) is 5.55. The van der Waals surface area contributed by atoms with Gasteiger partial charge in [-0.1, -0.05) is 0 Å². The molecule has 5 nitrogen and oxygen atoms in total. The third-order valence-electron chi connectivity index (χ3n) is 2.92. The van der Waals surface area contributed by atoms with Crippen molar-refractivity contribution in [2.45, 2.75) is 25.1 Å². The van der Waals surface area contributed by atoms with Crippen LogP contribution in [0.25, 0.3) is 5.52 Å². The molecule has 0 radical (unpaired) electrons. The van der Waals surface area contributed by atoms with Gasteiger partial charge >= 0.3 is 0 Å². The van der Waals surface area contributed by atoms with Crippen LogP contribution in [0.4, 0.5) is 5.82 Å². The number of thioether (sulfide) groups is 1. The molecule has 98 valence electrons. The number of anilines is 1. The predicted octanol–water partition coefficient (Wildman–Crippen LogP) is 1.56. The van der Waals surface area contributed by atoms with Crippen LogP contribution in [0.3, 0.4) is 0 Å². The highest BCUT2D eigenvalue weighted by Crippen LogP contribution is 2.19. The Balaban J connectivity index is 2.26. The molecule has 0 bridgehead atoms. The normalized spacial score (nSPS) is 14.7. The molecule has 0 amide bonds. The summed E-state index contributed by atoms with van der Waals surface area (Å²) >= 11 is 1.65. The van der Waals surface area contributed by atoms with Crippen molar-refractivity contribution in [3.8, 4) is 0 Å². The first-order valence-electron chi connectivity index (χ1n) is 5.87. The maximum Gasteiger partial charge on any atom is 0.152 e. The molecule has 0 saturated carbocycles. The zero-order chi connectivity index (χ0) is 13.1. The van der Waals surface area contributed by atoms with Crippen LogP contribution < -0.4 is 5.32 Å². The molecule has 2 heterocycles. The van der Waals surface area contributed by atoms with Crippen LogP contribution in [0.2, 0.25) is 0 Å². The summed E-state index contributed by atoms with van der Waals surface area (Å²) in [6.45, 7) is 4.15. The number of fused-ring (bicyclic) bond motifs is 1. The summed E-state index contributed by atoms with van der Waals surface area (Å²) in [4.78, 5) is 4.35. The van der Waals surface area contributed by atoms with E-state index in [9.17, 15) is 5.11 Å². The first-order valence-corrected chi connectivity index (χ1v) is 7.15. The largest absolute Gasteiger partial charge is 0.395 e. The van der Waals surface area contributed by atoms with Gasteiger partial charge in [0.25, 0.3) is 0 Å². The lowest BCUT2D eigenvalue weighted by Gasteiger charge is -2.22. The second-order valence-electron chi connectivity index (χ2n) is 4.28. The van der Waals surface area contributed by atoms with Gasteiger partial charge in [-0.3, -0.25) is 0 Å². The number of hydrogen-bond acceptors (Lipinski definition) is 5. The quantitative estimate of drug-likeness (QED) is 0.860. The summed E-state index contributed by atoms with van der Waals surface area (Å²) in [5.41, 5.74) is 1.92. The molecule has 6 heteroatoms. The molecule has 2 atom stereocenters. The SMILES string of the molecule is CSC(CO)C(C)Nc1nccn2nc(C)cc12. The number of aromatic nitrogens is 3. The maximum atomic E-state index is 9.29. The lowest BCUT2D eigenvalue weighted by molar-refractivity contribution is 0.288. The lowest BCUT2D eigenvalue weighted by Crippen LogP contribution is -2.31. The highest BCUT2D eigenvalue weighted by Gasteiger charge is 2.16. The van der Waals surface area contributed by atoms with Gasteiger partial charge in [0.15, 0.2) is 5.82 Å². The minimum Gasteiger partial charge on any atom is -0.395 e. The van der Waals surface area contributed by atoms with E-state index in [1.807, 2.05) is 36.9 Å². The van der Waals surface area contributed by atoms with E-state index in [-0.39, 0.29) is 17.9 Å². The molecule has 0 spiro atoms. The van der Waals surface area contributed by atoms with Gasteiger partial charge in [0.2, 0.25) is 0 Å². The Labute approximate surface area is 111 Å². The van der Waals surface area contributed by atoms with E-state index in [2.05, 4.69) is 15.4 Å². The zero-order valence-electron chi connectivity index (χ0n) is 10.8. The second kappa shape index (κ2) is 5.58. The van der Waals surface area contributed by atoms with Gasteiger partial charge in [0, 0.05) is 23.7 Å². The topological polar surface area (TPSA) is 62.5 Å². The van der Waals surface area contributed by atoms with Crippen molar-refractivity contribution < 1.29 is 5.11 Å². The number of nitrogens with zero attached hydrogens (tertiary/aromatic N) is 3. The molecule has 18 heavy (non-hydrogen) atoms. The van der Waals surface area contributed by atoms with Gasteiger partial charge in [-0.2, -0.15) is 16.9 Å². The van der Waals surface area contributed by atoms with Crippen molar-refractivity contribution in [3.63, 3.8) is 0 Å². The molecule has 0 aliphatic heterocycles. The van der Waals surface area contributed by atoms with Crippen LogP contribution >= 0.6 is 11.8 Å². The standard InChI is InChI=1S/C12H18N4OS/c1-8-6-10-12(13-4-5-16(10)15-8)14-9(2)11(7-17)18-3/h4-6,9,11,17H,7H2,1-3H3,(H,13,14). The Hall–Kier alpha value is -1.27. The number of aliphatic hydroxyl groups is 1. The van der Waals surface area contributed by atoms with Gasteiger partial charge < -0.3 is 10.4 Å². The Morgan fingerprint density at radius 3 is 3.00 bits per heavy atom. The maximum absolute atomic E-state index is 9.29. The van der Waals surface area contributed by atoms with Crippen LogP contribution in [0, 0.1) is 6.92 Å². The molecule has 2 unspecified atom stereocenters. The van der Waals surface area contributed by atoms with Gasteiger partial charge in [0.05, 0.1) is 12.3 Å². The second-order valence-corrected chi connectivity index (χ2v) is 5.36. The van der Waals surface area contributed by atoms with Crippen LogP contribution in [0.1, 0.15) is 12.6 Å². The average molecular weight is 266 g/mol. The summed E-state index contributed by atoms with van der Waals surface area (Å²) in [5, 5.41) is 17.1. The zero-order valence-corrected chi connectivity index (χ0v) is 11.6. The van der Waals surface area contributed by atoms with Crippen LogP contribution in [-0.4, -0.2) is 43.9 Å². The fourth-order valence-electron chi connectivity index (χ4n) is 1.90. The predicted molar refractivity (Wildman–Crippen MR) is 75.2 cm³/mol. The van der Waals surface area contributed by atoms with Gasteiger partial charge in [-0.25, -0.2) is 9.50 Å². The molecule has 0 aliphatic rings. The Kier molecular flexibility index (Phi) is 4.08. The molecule has 0 fully saturated rings. The summed E-state index contributed by atoms with van der Waals surface area (Å²) in [6, 6.07) is 2.13. The Bertz CT molecular complexity index is 524. The van der Waals surface area contributed by atoms with E-state index in [0.29, 0.717) is 0 Å². The van der Waals surface area contributed by atoms with Gasteiger partial charge in [-0.05, 0) is 26.2 Å². The van der Waals surface area contributed by atoms with Crippen molar-refractivity contribution >= 4 is 23.1 Å². The van der Waals surface area contributed by atoms with Gasteiger partial charge in [0.1, 0.15) is 5.52 Å². The summed E-state index contributed by atoms with van der Waals surface area (Å²) in [7, 11) is 0. The molecule has 0 aliphatic carbocycles. The smallest absolute Gasteiger partial charge is 0.152 e. The number of aliphatic hydroxyl groups excluding tert-OH is 1. The number of hydrogen-bond donors (Lipinski definition) is 2. The first kappa shape index (κ1) is 13.2. The molecule has 2 N–H and O–H groups in total. The molecule has 2 rings (SSSR count). The third-order valence-corrected chi connectivity index (χ3v) is 4.08. The van der Waals surface area contributed by atoms with Crippen LogP contribution in [0.5, 0.6) is 0 Å². The minimum absolute atomic E-state index is 0.138. The van der Waals surface area contributed by atoms with Crippen molar-refractivity contribution in [2.75, 3.05) is 18.2 Å². The van der Waals surface area contributed by atoms with E-state index < -0.39 is 0 Å². The molecule has 0 aromatic carbocycles. The lowest BCUT2D eigenvalue weighted by atomic mass is 10.2. The van der Waals surface area contributed by atoms with Crippen LogP contribution in [-0.2, 0) is 0 Å². The minimum atomic E-state index is 0.138. The Morgan fingerprint density at radius 2 is 2.33 bits per heavy atom. The van der Waals surface area contributed by atoms with E-state index in [4.69, 9.17) is 0 Å². The van der Waals surface area contributed by atoms with Gasteiger partial charge in [-0.15, -0.1) is 0 Å². The van der Waals surface area contributed by atoms with Crippen molar-refractivity contribution in [1.82, 2.24) is 14.6 Å². The fraction of sp³-hybridized carbons (Fsp3) is 0.500. The molecule has 0 saturated heterocycles. The highest BCUT2D eigenvalue weighted by molar-refractivity contribution is 7.99. The summed E-state index contributed by atoms with van der Waals surface area (Å²) in [5.74, 6) is 0.804. The molecular formula is C12H18N4OS. The van der Waals surface area contributed by atoms with E-state index in [0.717, 1.165) is 17.0 Å². The first-order chi connectivity index (χ1) is 8.65. The number of aryl methyl sites for hydroxylation is 1. The third kappa shape index (κ3) is 2.59. The monoisotopic (exact) mass is 266 g/mol. The molecule has 2 aromatic rings. The highest BCUT2D eigenvalue weighted by atomic mass is 32.2.